The molecule has 0 saturated heterocycles. The normalized spacial score (nSPS) is 10.8. The molecular weight excluding hydrogens is 355 g/mol. The fourth-order valence-corrected chi connectivity index (χ4v) is 3.51. The zero-order chi connectivity index (χ0) is 19.6. The molecule has 0 N–H and O–H groups in total. The molecule has 0 aromatic heterocycles. The van der Waals surface area contributed by atoms with Gasteiger partial charge in [0.25, 0.3) is 0 Å². The van der Waals surface area contributed by atoms with Gasteiger partial charge in [0.1, 0.15) is 5.75 Å². The fraction of sp³-hybridized carbons (Fsp3) is 0.174. The Morgan fingerprint density at radius 3 is 2.11 bits per heavy atom. The highest BCUT2D eigenvalue weighted by Crippen LogP contribution is 2.26. The molecule has 0 bridgehead atoms. The van der Waals surface area contributed by atoms with Crippen LogP contribution in [-0.2, 0) is 4.57 Å². The largest absolute Gasteiger partial charge is 0.497 e. The van der Waals surface area contributed by atoms with Crippen molar-refractivity contribution >= 4 is 19.5 Å². The molecule has 3 rings (SSSR count). The van der Waals surface area contributed by atoms with Crippen LogP contribution in [0.1, 0.15) is 32.6 Å². The van der Waals surface area contributed by atoms with Crippen LogP contribution in [0.25, 0.3) is 11.1 Å². The van der Waals surface area contributed by atoms with Gasteiger partial charge in [-0.2, -0.15) is 0 Å². The molecule has 0 heterocycles. The molecule has 0 spiro atoms. The number of methoxy groups -OCH3 is 1. The molecule has 3 aromatic rings. The van der Waals surface area contributed by atoms with Crippen molar-refractivity contribution in [2.24, 2.45) is 0 Å². The first kappa shape index (κ1) is 19.0. The Balaban J connectivity index is 2.10. The van der Waals surface area contributed by atoms with Crippen LogP contribution in [0.4, 0.5) is 0 Å². The summed E-state index contributed by atoms with van der Waals surface area (Å²) < 4.78 is 16.8. The first-order valence-electron chi connectivity index (χ1n) is 8.69. The van der Waals surface area contributed by atoms with Gasteiger partial charge in [0.15, 0.2) is 14.2 Å². The van der Waals surface area contributed by atoms with Gasteiger partial charge in [-0.25, -0.2) is 0 Å². The van der Waals surface area contributed by atoms with Crippen LogP contribution in [0.2, 0.25) is 0 Å². The summed E-state index contributed by atoms with van der Waals surface area (Å²) in [5, 5.41) is 0.495. The number of ether oxygens (including phenoxy) is 1. The van der Waals surface area contributed by atoms with Gasteiger partial charge in [-0.05, 0) is 72.9 Å². The summed E-state index contributed by atoms with van der Waals surface area (Å²) in [6, 6.07) is 16.9. The standard InChI is InChI=1S/C23H21O3P/c1-14-5-11-20(16(3)15(14)2)23(24)21-13-18(8-12-22(21)27-25)17-6-9-19(26-4)10-7-17/h5-13H,1-4H3. The van der Waals surface area contributed by atoms with Crippen LogP contribution in [0.3, 0.4) is 0 Å². The van der Waals surface area contributed by atoms with E-state index in [1.165, 1.54) is 0 Å². The van der Waals surface area contributed by atoms with Crippen molar-refractivity contribution in [3.63, 3.8) is 0 Å². The molecule has 0 aliphatic heterocycles. The maximum atomic E-state index is 13.2. The number of carbonyl (C=O) groups excluding carboxylic acids is 1. The highest BCUT2D eigenvalue weighted by molar-refractivity contribution is 7.34. The molecule has 0 atom stereocenters. The summed E-state index contributed by atoms with van der Waals surface area (Å²) in [4.78, 5) is 13.2. The van der Waals surface area contributed by atoms with Gasteiger partial charge < -0.3 is 4.74 Å². The maximum absolute atomic E-state index is 13.2. The maximum Gasteiger partial charge on any atom is 0.194 e. The van der Waals surface area contributed by atoms with Crippen LogP contribution in [0, 0.1) is 20.8 Å². The predicted octanol–water partition coefficient (Wildman–Crippen LogP) is 5.44. The van der Waals surface area contributed by atoms with Crippen molar-refractivity contribution < 1.29 is 14.1 Å². The van der Waals surface area contributed by atoms with Gasteiger partial charge in [0.2, 0.25) is 0 Å². The van der Waals surface area contributed by atoms with E-state index < -0.39 is 0 Å². The van der Waals surface area contributed by atoms with Crippen molar-refractivity contribution in [2.75, 3.05) is 7.11 Å². The van der Waals surface area contributed by atoms with E-state index in [0.29, 0.717) is 16.4 Å². The molecule has 0 unspecified atom stereocenters. The molecule has 0 amide bonds. The highest BCUT2D eigenvalue weighted by atomic mass is 31.1. The lowest BCUT2D eigenvalue weighted by Gasteiger charge is -2.12. The predicted molar refractivity (Wildman–Crippen MR) is 110 cm³/mol. The van der Waals surface area contributed by atoms with Crippen molar-refractivity contribution in [1.82, 2.24) is 0 Å². The Labute approximate surface area is 161 Å². The highest BCUT2D eigenvalue weighted by Gasteiger charge is 2.18. The van der Waals surface area contributed by atoms with E-state index in [1.54, 1.807) is 13.2 Å². The van der Waals surface area contributed by atoms with Crippen molar-refractivity contribution in [3.05, 3.63) is 82.4 Å². The number of hydrogen-bond acceptors (Lipinski definition) is 3. The Morgan fingerprint density at radius 2 is 1.48 bits per heavy atom. The third-order valence-electron chi connectivity index (χ3n) is 5.07. The minimum absolute atomic E-state index is 0.107. The second-order valence-corrected chi connectivity index (χ2v) is 7.23. The zero-order valence-electron chi connectivity index (χ0n) is 15.9. The van der Waals surface area contributed by atoms with E-state index in [9.17, 15) is 9.36 Å². The molecule has 136 valence electrons. The molecule has 3 nitrogen and oxygen atoms in total. The van der Waals surface area contributed by atoms with Crippen molar-refractivity contribution in [3.8, 4) is 16.9 Å². The zero-order valence-corrected chi connectivity index (χ0v) is 16.8. The summed E-state index contributed by atoms with van der Waals surface area (Å²) >= 11 is 0. The molecular formula is C23H21O3P. The van der Waals surface area contributed by atoms with Gasteiger partial charge in [-0.15, -0.1) is 0 Å². The summed E-state index contributed by atoms with van der Waals surface area (Å²) in [7, 11) is 1.46. The molecule has 0 aliphatic rings. The van der Waals surface area contributed by atoms with Crippen LogP contribution in [0.15, 0.2) is 54.6 Å². The van der Waals surface area contributed by atoms with Gasteiger partial charge in [0, 0.05) is 11.1 Å². The average Bonchev–Trinajstić information content (AvgIpc) is 2.71. The van der Waals surface area contributed by atoms with Crippen LogP contribution in [-0.4, -0.2) is 12.9 Å². The lowest BCUT2D eigenvalue weighted by atomic mass is 9.92. The number of hydrogen-bond donors (Lipinski definition) is 0. The fourth-order valence-electron chi connectivity index (χ4n) is 3.11. The van der Waals surface area contributed by atoms with Gasteiger partial charge in [-0.1, -0.05) is 30.3 Å². The summed E-state index contributed by atoms with van der Waals surface area (Å²) in [6.07, 6.45) is 0. The summed E-state index contributed by atoms with van der Waals surface area (Å²) in [5.74, 6) is 0.666. The first-order chi connectivity index (χ1) is 13.0. The number of ketones is 1. The topological polar surface area (TPSA) is 43.4 Å². The molecule has 0 aliphatic carbocycles. The molecule has 3 aromatic carbocycles. The van der Waals surface area contributed by atoms with E-state index >= 15 is 0 Å². The Bertz CT molecular complexity index is 1020. The van der Waals surface area contributed by atoms with Crippen molar-refractivity contribution in [2.45, 2.75) is 20.8 Å². The Kier molecular flexibility index (Phi) is 5.53. The first-order valence-corrected chi connectivity index (χ1v) is 9.51. The Hall–Kier alpha value is -2.77. The quantitative estimate of drug-likeness (QED) is 0.440. The molecule has 0 radical (unpaired) electrons. The minimum Gasteiger partial charge on any atom is -0.497 e. The minimum atomic E-state index is -0.165. The number of benzene rings is 3. The van der Waals surface area contributed by atoms with Crippen LogP contribution in [0.5, 0.6) is 5.75 Å². The summed E-state index contributed by atoms with van der Waals surface area (Å²) in [6.45, 7) is 6.00. The second kappa shape index (κ2) is 7.85. The van der Waals surface area contributed by atoms with E-state index in [0.717, 1.165) is 33.6 Å². The Morgan fingerprint density at radius 1 is 0.815 bits per heavy atom. The number of rotatable bonds is 5. The molecule has 0 saturated carbocycles. The van der Waals surface area contributed by atoms with Crippen LogP contribution >= 0.6 is 8.46 Å². The lowest BCUT2D eigenvalue weighted by Crippen LogP contribution is -2.13. The van der Waals surface area contributed by atoms with Gasteiger partial charge in [0.05, 0.1) is 12.4 Å². The van der Waals surface area contributed by atoms with Crippen LogP contribution < -0.4 is 10.0 Å². The smallest absolute Gasteiger partial charge is 0.194 e. The van der Waals surface area contributed by atoms with E-state index in [-0.39, 0.29) is 14.2 Å². The molecule has 4 heteroatoms. The van der Waals surface area contributed by atoms with Gasteiger partial charge >= 0.3 is 0 Å². The lowest BCUT2D eigenvalue weighted by molar-refractivity contribution is 0.103. The molecule has 0 fully saturated rings. The summed E-state index contributed by atoms with van der Waals surface area (Å²) in [5.41, 5.74) is 6.20. The third kappa shape index (κ3) is 3.70. The van der Waals surface area contributed by atoms with E-state index in [1.807, 2.05) is 69.3 Å². The monoisotopic (exact) mass is 376 g/mol. The average molecular weight is 376 g/mol. The second-order valence-electron chi connectivity index (χ2n) is 6.56. The van der Waals surface area contributed by atoms with E-state index in [4.69, 9.17) is 4.74 Å². The number of carbonyl (C=O) groups is 1. The van der Waals surface area contributed by atoms with E-state index in [2.05, 4.69) is 0 Å². The van der Waals surface area contributed by atoms with Gasteiger partial charge in [-0.3, -0.25) is 9.36 Å². The van der Waals surface area contributed by atoms with Crippen molar-refractivity contribution in [1.29, 1.82) is 0 Å². The SMILES string of the molecule is COc1ccc(-c2ccc(P=O)c(C(=O)c3ccc(C)c(C)c3C)c2)cc1. The number of aryl methyl sites for hydroxylation is 1. The third-order valence-corrected chi connectivity index (χ3v) is 5.65. The molecule has 27 heavy (non-hydrogen) atoms.